The molecule has 1 aliphatic rings. The minimum absolute atomic E-state index is 0.0906. The van der Waals surface area contributed by atoms with E-state index in [9.17, 15) is 4.79 Å². The van der Waals surface area contributed by atoms with Gasteiger partial charge in [-0.2, -0.15) is 4.98 Å². The van der Waals surface area contributed by atoms with Crippen molar-refractivity contribution in [3.8, 4) is 0 Å². The molecule has 1 N–H and O–H groups in total. The summed E-state index contributed by atoms with van der Waals surface area (Å²) in [6.45, 7) is 3.68. The molecule has 0 atom stereocenters. The van der Waals surface area contributed by atoms with Crippen LogP contribution in [0.1, 0.15) is 24.3 Å². The fourth-order valence-corrected chi connectivity index (χ4v) is 1.76. The first-order valence-corrected chi connectivity index (χ1v) is 5.10. The van der Waals surface area contributed by atoms with Crippen molar-refractivity contribution in [1.29, 1.82) is 0 Å². The van der Waals surface area contributed by atoms with E-state index in [0.29, 0.717) is 17.5 Å². The van der Waals surface area contributed by atoms with E-state index in [1.165, 1.54) is 0 Å². The predicted octanol–water partition coefficient (Wildman–Crippen LogP) is 1.21. The normalized spacial score (nSPS) is 15.9. The Morgan fingerprint density at radius 2 is 2.20 bits per heavy atom. The van der Waals surface area contributed by atoms with E-state index in [1.54, 1.807) is 6.92 Å². The third-order valence-corrected chi connectivity index (χ3v) is 2.57. The summed E-state index contributed by atoms with van der Waals surface area (Å²) in [5.74, 6) is -0.424. The Labute approximate surface area is 87.7 Å². The van der Waals surface area contributed by atoms with Gasteiger partial charge >= 0.3 is 5.97 Å². The Morgan fingerprint density at radius 3 is 2.80 bits per heavy atom. The first-order valence-electron chi connectivity index (χ1n) is 5.10. The van der Waals surface area contributed by atoms with Crippen molar-refractivity contribution in [1.82, 2.24) is 4.98 Å². The Hall–Kier alpha value is -1.52. The summed E-state index contributed by atoms with van der Waals surface area (Å²) < 4.78 is 5.44. The van der Waals surface area contributed by atoms with E-state index in [1.807, 2.05) is 0 Å². The second-order valence-electron chi connectivity index (χ2n) is 3.77. The molecule has 0 bridgehead atoms. The molecule has 1 aromatic rings. The molecule has 0 saturated carbocycles. The van der Waals surface area contributed by atoms with Crippen LogP contribution in [0.3, 0.4) is 0 Å². The molecule has 15 heavy (non-hydrogen) atoms. The minimum atomic E-state index is -0.887. The van der Waals surface area contributed by atoms with E-state index < -0.39 is 5.97 Å². The SMILES string of the molecule is Cc1nc(N2CCCC2)oc1CC(=O)O. The van der Waals surface area contributed by atoms with Crippen LogP contribution in [0.4, 0.5) is 6.01 Å². The smallest absolute Gasteiger partial charge is 0.311 e. The molecule has 5 heteroatoms. The quantitative estimate of drug-likeness (QED) is 0.812. The Kier molecular flexibility index (Phi) is 2.62. The van der Waals surface area contributed by atoms with Crippen molar-refractivity contribution < 1.29 is 14.3 Å². The number of nitrogens with zero attached hydrogens (tertiary/aromatic N) is 2. The highest BCUT2D eigenvalue weighted by Gasteiger charge is 2.20. The van der Waals surface area contributed by atoms with Crippen LogP contribution in [-0.4, -0.2) is 29.1 Å². The molecule has 0 amide bonds. The maximum absolute atomic E-state index is 10.6. The second kappa shape index (κ2) is 3.92. The molecule has 82 valence electrons. The first-order chi connectivity index (χ1) is 7.16. The molecule has 1 fully saturated rings. The van der Waals surface area contributed by atoms with Crippen LogP contribution in [0.25, 0.3) is 0 Å². The lowest BCUT2D eigenvalue weighted by Crippen LogP contribution is -2.17. The molecular formula is C10H14N2O3. The average Bonchev–Trinajstić information content (AvgIpc) is 2.75. The van der Waals surface area contributed by atoms with Crippen LogP contribution < -0.4 is 4.90 Å². The van der Waals surface area contributed by atoms with Gasteiger partial charge in [0.2, 0.25) is 0 Å². The molecule has 2 heterocycles. The highest BCUT2D eigenvalue weighted by Crippen LogP contribution is 2.22. The fraction of sp³-hybridized carbons (Fsp3) is 0.600. The largest absolute Gasteiger partial charge is 0.481 e. The zero-order valence-corrected chi connectivity index (χ0v) is 8.69. The number of rotatable bonds is 3. The van der Waals surface area contributed by atoms with Gasteiger partial charge in [0.25, 0.3) is 6.01 Å². The van der Waals surface area contributed by atoms with Crippen molar-refractivity contribution in [2.45, 2.75) is 26.2 Å². The van der Waals surface area contributed by atoms with Crippen molar-refractivity contribution in [3.05, 3.63) is 11.5 Å². The topological polar surface area (TPSA) is 66.6 Å². The number of anilines is 1. The summed E-state index contributed by atoms with van der Waals surface area (Å²) in [6.07, 6.45) is 2.21. The Balaban J connectivity index is 2.16. The number of oxazole rings is 1. The van der Waals surface area contributed by atoms with Gasteiger partial charge in [0, 0.05) is 13.1 Å². The van der Waals surface area contributed by atoms with Gasteiger partial charge in [0.15, 0.2) is 0 Å². The molecule has 0 radical (unpaired) electrons. The third kappa shape index (κ3) is 2.11. The highest BCUT2D eigenvalue weighted by atomic mass is 16.4. The second-order valence-corrected chi connectivity index (χ2v) is 3.77. The summed E-state index contributed by atoms with van der Waals surface area (Å²) in [4.78, 5) is 16.8. The van der Waals surface area contributed by atoms with Gasteiger partial charge < -0.3 is 14.4 Å². The molecule has 1 aromatic heterocycles. The van der Waals surface area contributed by atoms with E-state index in [2.05, 4.69) is 9.88 Å². The summed E-state index contributed by atoms with van der Waals surface area (Å²) in [7, 11) is 0. The molecule has 0 aliphatic carbocycles. The lowest BCUT2D eigenvalue weighted by Gasteiger charge is -2.10. The lowest BCUT2D eigenvalue weighted by atomic mass is 10.3. The van der Waals surface area contributed by atoms with E-state index in [0.717, 1.165) is 25.9 Å². The van der Waals surface area contributed by atoms with Gasteiger partial charge in [0.05, 0.1) is 5.69 Å². The molecule has 1 aliphatic heterocycles. The number of hydrogen-bond donors (Lipinski definition) is 1. The minimum Gasteiger partial charge on any atom is -0.481 e. The molecule has 2 rings (SSSR count). The fourth-order valence-electron chi connectivity index (χ4n) is 1.76. The van der Waals surface area contributed by atoms with Gasteiger partial charge in [-0.15, -0.1) is 0 Å². The zero-order valence-electron chi connectivity index (χ0n) is 8.69. The Bertz CT molecular complexity index is 367. The standard InChI is InChI=1S/C10H14N2O3/c1-7-8(6-9(13)14)15-10(11-7)12-4-2-3-5-12/h2-6H2,1H3,(H,13,14). The van der Waals surface area contributed by atoms with Crippen molar-refractivity contribution in [2.75, 3.05) is 18.0 Å². The predicted molar refractivity (Wildman–Crippen MR) is 54.0 cm³/mol. The van der Waals surface area contributed by atoms with Crippen LogP contribution >= 0.6 is 0 Å². The van der Waals surface area contributed by atoms with Crippen LogP contribution in [0.15, 0.2) is 4.42 Å². The lowest BCUT2D eigenvalue weighted by molar-refractivity contribution is -0.136. The molecule has 5 nitrogen and oxygen atoms in total. The summed E-state index contributed by atoms with van der Waals surface area (Å²) in [5.41, 5.74) is 0.680. The molecule has 1 saturated heterocycles. The maximum Gasteiger partial charge on any atom is 0.311 e. The molecule has 0 spiro atoms. The van der Waals surface area contributed by atoms with Crippen LogP contribution in [0.5, 0.6) is 0 Å². The van der Waals surface area contributed by atoms with Gasteiger partial charge in [0.1, 0.15) is 12.2 Å². The van der Waals surface area contributed by atoms with Crippen molar-refractivity contribution in [3.63, 3.8) is 0 Å². The average molecular weight is 210 g/mol. The number of carboxylic acids is 1. The third-order valence-electron chi connectivity index (χ3n) is 2.57. The van der Waals surface area contributed by atoms with Crippen LogP contribution in [0.2, 0.25) is 0 Å². The van der Waals surface area contributed by atoms with E-state index in [4.69, 9.17) is 9.52 Å². The van der Waals surface area contributed by atoms with E-state index in [-0.39, 0.29) is 6.42 Å². The molecular weight excluding hydrogens is 196 g/mol. The van der Waals surface area contributed by atoms with Gasteiger partial charge in [-0.3, -0.25) is 4.79 Å². The number of hydrogen-bond acceptors (Lipinski definition) is 4. The van der Waals surface area contributed by atoms with Crippen LogP contribution in [0, 0.1) is 6.92 Å². The number of aromatic nitrogens is 1. The number of carboxylic acid groups (broad SMARTS) is 1. The van der Waals surface area contributed by atoms with Gasteiger partial charge in [-0.05, 0) is 19.8 Å². The monoisotopic (exact) mass is 210 g/mol. The Morgan fingerprint density at radius 1 is 1.53 bits per heavy atom. The van der Waals surface area contributed by atoms with Gasteiger partial charge in [-0.1, -0.05) is 0 Å². The van der Waals surface area contributed by atoms with Gasteiger partial charge in [-0.25, -0.2) is 0 Å². The number of aryl methyl sites for hydroxylation is 1. The highest BCUT2D eigenvalue weighted by molar-refractivity contribution is 5.69. The summed E-state index contributed by atoms with van der Waals surface area (Å²) >= 11 is 0. The van der Waals surface area contributed by atoms with E-state index >= 15 is 0 Å². The van der Waals surface area contributed by atoms with Crippen molar-refractivity contribution in [2.24, 2.45) is 0 Å². The number of aliphatic carboxylic acids is 1. The molecule has 0 unspecified atom stereocenters. The summed E-state index contributed by atoms with van der Waals surface area (Å²) in [6, 6.07) is 0.571. The zero-order chi connectivity index (χ0) is 10.8. The maximum atomic E-state index is 10.6. The number of carbonyl (C=O) groups is 1. The van der Waals surface area contributed by atoms with Crippen molar-refractivity contribution >= 4 is 12.0 Å². The summed E-state index contributed by atoms with van der Waals surface area (Å²) in [5, 5.41) is 8.66. The molecule has 0 aromatic carbocycles. The first kappa shape index (κ1) is 10.0. The van der Waals surface area contributed by atoms with Crippen LogP contribution in [-0.2, 0) is 11.2 Å².